The Balaban J connectivity index is 1.98. The van der Waals surface area contributed by atoms with Gasteiger partial charge in [0.05, 0.1) is 13.2 Å². The van der Waals surface area contributed by atoms with Gasteiger partial charge in [-0.25, -0.2) is 9.59 Å². The average Bonchev–Trinajstić information content (AvgIpc) is 2.50. The van der Waals surface area contributed by atoms with Crippen LogP contribution < -0.4 is 0 Å². The maximum absolute atomic E-state index is 11.2. The summed E-state index contributed by atoms with van der Waals surface area (Å²) in [5, 5.41) is 0. The van der Waals surface area contributed by atoms with Crippen molar-refractivity contribution < 1.29 is 23.8 Å². The zero-order valence-corrected chi connectivity index (χ0v) is 12.1. The Bertz CT molecular complexity index is 453. The molecule has 1 rings (SSSR count). The van der Waals surface area contributed by atoms with Crippen LogP contribution in [0, 0.1) is 0 Å². The van der Waals surface area contributed by atoms with E-state index >= 15 is 0 Å². The lowest BCUT2D eigenvalue weighted by molar-refractivity contribution is -0.157. The molecule has 0 aliphatic rings. The molecule has 0 bridgehead atoms. The van der Waals surface area contributed by atoms with Gasteiger partial charge in [-0.1, -0.05) is 36.4 Å². The van der Waals surface area contributed by atoms with Crippen molar-refractivity contribution in [2.24, 2.45) is 0 Å². The normalized spacial score (nSPS) is 10.5. The van der Waals surface area contributed by atoms with Crippen molar-refractivity contribution in [2.75, 3.05) is 26.4 Å². The lowest BCUT2D eigenvalue weighted by Gasteiger charge is -2.06. The number of esters is 2. The van der Waals surface area contributed by atoms with Crippen LogP contribution in [0.1, 0.15) is 12.5 Å². The van der Waals surface area contributed by atoms with Gasteiger partial charge in [0.15, 0.2) is 6.61 Å². The molecule has 0 radical (unpaired) electrons. The molecule has 0 heterocycles. The zero-order valence-electron chi connectivity index (χ0n) is 12.1. The molecular formula is C16H20O5. The summed E-state index contributed by atoms with van der Waals surface area (Å²) >= 11 is 0. The quantitative estimate of drug-likeness (QED) is 0.395. The molecule has 0 unspecified atom stereocenters. The van der Waals surface area contributed by atoms with Crippen molar-refractivity contribution in [1.82, 2.24) is 0 Å². The SMILES string of the molecule is C/C=C\C(=O)OCC(=O)OCCOCCc1ccccc1. The van der Waals surface area contributed by atoms with Crippen molar-refractivity contribution in [3.63, 3.8) is 0 Å². The fourth-order valence-corrected chi connectivity index (χ4v) is 1.51. The smallest absolute Gasteiger partial charge is 0.344 e. The van der Waals surface area contributed by atoms with Gasteiger partial charge in [0, 0.05) is 6.08 Å². The Morgan fingerprint density at radius 1 is 1.05 bits per heavy atom. The summed E-state index contributed by atoms with van der Waals surface area (Å²) in [6.07, 6.45) is 3.59. The molecule has 0 aliphatic carbocycles. The molecular weight excluding hydrogens is 272 g/mol. The molecule has 0 fully saturated rings. The predicted molar refractivity (Wildman–Crippen MR) is 77.7 cm³/mol. The lowest BCUT2D eigenvalue weighted by Crippen LogP contribution is -2.18. The second kappa shape index (κ2) is 10.6. The van der Waals surface area contributed by atoms with E-state index in [0.717, 1.165) is 6.42 Å². The van der Waals surface area contributed by atoms with Gasteiger partial charge in [-0.2, -0.15) is 0 Å². The van der Waals surface area contributed by atoms with E-state index < -0.39 is 11.9 Å². The molecule has 0 spiro atoms. The minimum absolute atomic E-state index is 0.148. The molecule has 0 N–H and O–H groups in total. The second-order valence-electron chi connectivity index (χ2n) is 4.18. The van der Waals surface area contributed by atoms with Gasteiger partial charge in [-0.3, -0.25) is 0 Å². The topological polar surface area (TPSA) is 61.8 Å². The van der Waals surface area contributed by atoms with Crippen LogP contribution in [0.3, 0.4) is 0 Å². The number of ether oxygens (including phenoxy) is 3. The molecule has 0 aromatic heterocycles. The molecule has 114 valence electrons. The van der Waals surface area contributed by atoms with Crippen molar-refractivity contribution in [1.29, 1.82) is 0 Å². The Kier molecular flexibility index (Phi) is 8.56. The third-order valence-corrected chi connectivity index (χ3v) is 2.50. The summed E-state index contributed by atoms with van der Waals surface area (Å²) in [5.74, 6) is -1.15. The van der Waals surface area contributed by atoms with Gasteiger partial charge in [0.2, 0.25) is 0 Å². The van der Waals surface area contributed by atoms with E-state index in [9.17, 15) is 9.59 Å². The van der Waals surface area contributed by atoms with E-state index in [4.69, 9.17) is 9.47 Å². The molecule has 0 aliphatic heterocycles. The van der Waals surface area contributed by atoms with E-state index in [-0.39, 0.29) is 13.2 Å². The first kappa shape index (κ1) is 16.9. The van der Waals surface area contributed by atoms with Crippen LogP contribution in [-0.4, -0.2) is 38.4 Å². The largest absolute Gasteiger partial charge is 0.461 e. The van der Waals surface area contributed by atoms with Crippen LogP contribution in [0.2, 0.25) is 0 Å². The van der Waals surface area contributed by atoms with Gasteiger partial charge in [-0.05, 0) is 18.9 Å². The zero-order chi connectivity index (χ0) is 15.3. The average molecular weight is 292 g/mol. The molecule has 0 saturated carbocycles. The number of hydrogen-bond acceptors (Lipinski definition) is 5. The predicted octanol–water partition coefficient (Wildman–Crippen LogP) is 1.91. The number of rotatable bonds is 9. The molecule has 1 aromatic carbocycles. The Morgan fingerprint density at radius 2 is 1.81 bits per heavy atom. The summed E-state index contributed by atoms with van der Waals surface area (Å²) in [5.41, 5.74) is 1.20. The third kappa shape index (κ3) is 8.60. The molecule has 21 heavy (non-hydrogen) atoms. The minimum Gasteiger partial charge on any atom is -0.461 e. The monoisotopic (exact) mass is 292 g/mol. The fraction of sp³-hybridized carbons (Fsp3) is 0.375. The summed E-state index contributed by atoms with van der Waals surface area (Å²) in [6.45, 7) is 2.34. The second-order valence-corrected chi connectivity index (χ2v) is 4.18. The van der Waals surface area contributed by atoms with Crippen molar-refractivity contribution in [3.05, 3.63) is 48.0 Å². The molecule has 0 atom stereocenters. The molecule has 5 nitrogen and oxygen atoms in total. The maximum atomic E-state index is 11.2. The maximum Gasteiger partial charge on any atom is 0.344 e. The molecule has 1 aromatic rings. The highest BCUT2D eigenvalue weighted by Crippen LogP contribution is 1.99. The van der Waals surface area contributed by atoms with E-state index in [1.165, 1.54) is 17.7 Å². The van der Waals surface area contributed by atoms with Crippen LogP contribution >= 0.6 is 0 Å². The van der Waals surface area contributed by atoms with Crippen LogP contribution in [0.5, 0.6) is 0 Å². The van der Waals surface area contributed by atoms with Crippen LogP contribution in [0.15, 0.2) is 42.5 Å². The van der Waals surface area contributed by atoms with Crippen molar-refractivity contribution in [2.45, 2.75) is 13.3 Å². The van der Waals surface area contributed by atoms with Crippen molar-refractivity contribution >= 4 is 11.9 Å². The summed E-state index contributed by atoms with van der Waals surface area (Å²) in [4.78, 5) is 22.2. The van der Waals surface area contributed by atoms with E-state index in [0.29, 0.717) is 13.2 Å². The van der Waals surface area contributed by atoms with Crippen molar-refractivity contribution in [3.8, 4) is 0 Å². The van der Waals surface area contributed by atoms with E-state index in [1.54, 1.807) is 6.92 Å². The van der Waals surface area contributed by atoms with E-state index in [1.807, 2.05) is 30.3 Å². The Morgan fingerprint density at radius 3 is 2.52 bits per heavy atom. The van der Waals surface area contributed by atoms with E-state index in [2.05, 4.69) is 4.74 Å². The van der Waals surface area contributed by atoms with Crippen LogP contribution in [0.4, 0.5) is 0 Å². The Hall–Kier alpha value is -2.14. The number of hydrogen-bond donors (Lipinski definition) is 0. The van der Waals surface area contributed by atoms with Gasteiger partial charge in [0.1, 0.15) is 6.61 Å². The standard InChI is InChI=1S/C16H20O5/c1-2-6-15(17)21-13-16(18)20-12-11-19-10-9-14-7-4-3-5-8-14/h2-8H,9-13H2,1H3/b6-2-. The highest BCUT2D eigenvalue weighted by atomic mass is 16.6. The first-order valence-electron chi connectivity index (χ1n) is 6.79. The molecule has 0 saturated heterocycles. The number of benzene rings is 1. The van der Waals surface area contributed by atoms with Gasteiger partial charge in [0.25, 0.3) is 0 Å². The fourth-order valence-electron chi connectivity index (χ4n) is 1.51. The van der Waals surface area contributed by atoms with Crippen LogP contribution in [0.25, 0.3) is 0 Å². The lowest BCUT2D eigenvalue weighted by atomic mass is 10.2. The van der Waals surface area contributed by atoms with Crippen LogP contribution in [-0.2, 0) is 30.2 Å². The van der Waals surface area contributed by atoms with Gasteiger partial charge in [-0.15, -0.1) is 0 Å². The number of carbonyl (C=O) groups excluding carboxylic acids is 2. The number of allylic oxidation sites excluding steroid dienone is 1. The molecule has 0 amide bonds. The number of carbonyl (C=O) groups is 2. The first-order valence-corrected chi connectivity index (χ1v) is 6.79. The van der Waals surface area contributed by atoms with Gasteiger partial charge < -0.3 is 14.2 Å². The highest BCUT2D eigenvalue weighted by molar-refractivity contribution is 5.84. The first-order chi connectivity index (χ1) is 10.2. The minimum atomic E-state index is -0.584. The highest BCUT2D eigenvalue weighted by Gasteiger charge is 2.05. The third-order valence-electron chi connectivity index (χ3n) is 2.50. The summed E-state index contributed by atoms with van der Waals surface area (Å²) < 4.78 is 14.9. The summed E-state index contributed by atoms with van der Waals surface area (Å²) in [7, 11) is 0. The summed E-state index contributed by atoms with van der Waals surface area (Å²) in [6, 6.07) is 9.98. The molecule has 5 heteroatoms. The Labute approximate surface area is 124 Å². The van der Waals surface area contributed by atoms with Gasteiger partial charge >= 0.3 is 11.9 Å².